The zero-order chi connectivity index (χ0) is 13.9. The number of hydrogen-bond donors (Lipinski definition) is 2. The molecule has 0 fully saturated rings. The van der Waals surface area contributed by atoms with Gasteiger partial charge in [0, 0.05) is 20.6 Å². The van der Waals surface area contributed by atoms with Crippen molar-refractivity contribution in [3.63, 3.8) is 0 Å². The molecule has 0 heterocycles. The summed E-state index contributed by atoms with van der Waals surface area (Å²) in [5.41, 5.74) is -0.934. The minimum absolute atomic E-state index is 0.108. The lowest BCUT2D eigenvalue weighted by Crippen LogP contribution is -2.52. The van der Waals surface area contributed by atoms with Gasteiger partial charge in [0.1, 0.15) is 0 Å². The molecule has 0 atom stereocenters. The van der Waals surface area contributed by atoms with Crippen molar-refractivity contribution in [2.45, 2.75) is 25.8 Å². The molecule has 7 nitrogen and oxygen atoms in total. The van der Waals surface area contributed by atoms with Crippen LogP contribution in [0.4, 0.5) is 0 Å². The minimum Gasteiger partial charge on any atom is -0.481 e. The third-order valence-electron chi connectivity index (χ3n) is 2.62. The number of aliphatic hydroxyl groups excluding tert-OH is 1. The van der Waals surface area contributed by atoms with E-state index in [0.717, 1.165) is 8.61 Å². The number of carboxylic acid groups (broad SMARTS) is 1. The standard InChI is InChI=1S/C9H20N2O5S/c1-9(2,7-12)11(4)17(15,16)10(3)6-5-8(13)14/h12H,5-7H2,1-4H3,(H,13,14). The van der Waals surface area contributed by atoms with Gasteiger partial charge in [-0.2, -0.15) is 17.0 Å². The van der Waals surface area contributed by atoms with Gasteiger partial charge >= 0.3 is 5.97 Å². The highest BCUT2D eigenvalue weighted by Gasteiger charge is 2.34. The van der Waals surface area contributed by atoms with Gasteiger partial charge in [-0.15, -0.1) is 0 Å². The molecule has 0 rings (SSSR count). The Morgan fingerprint density at radius 1 is 1.29 bits per heavy atom. The Hall–Kier alpha value is -0.700. The van der Waals surface area contributed by atoms with Crippen molar-refractivity contribution in [3.05, 3.63) is 0 Å². The number of aliphatic carboxylic acids is 1. The van der Waals surface area contributed by atoms with E-state index in [1.54, 1.807) is 13.8 Å². The number of likely N-dealkylation sites (N-methyl/N-ethyl adjacent to an activating group) is 1. The van der Waals surface area contributed by atoms with Crippen LogP contribution in [0.1, 0.15) is 20.3 Å². The topological polar surface area (TPSA) is 98.2 Å². The predicted octanol–water partition coefficient (Wildman–Crippen LogP) is -0.660. The summed E-state index contributed by atoms with van der Waals surface area (Å²) in [6, 6.07) is 0. The van der Waals surface area contributed by atoms with Gasteiger partial charge < -0.3 is 10.2 Å². The Morgan fingerprint density at radius 2 is 1.76 bits per heavy atom. The van der Waals surface area contributed by atoms with E-state index in [-0.39, 0.29) is 19.6 Å². The van der Waals surface area contributed by atoms with Gasteiger partial charge in [0.25, 0.3) is 10.2 Å². The molecule has 0 aliphatic rings. The first kappa shape index (κ1) is 16.3. The number of hydrogen-bond acceptors (Lipinski definition) is 4. The van der Waals surface area contributed by atoms with Crippen molar-refractivity contribution in [1.82, 2.24) is 8.61 Å². The molecule has 0 bridgehead atoms. The van der Waals surface area contributed by atoms with E-state index in [0.29, 0.717) is 0 Å². The van der Waals surface area contributed by atoms with Gasteiger partial charge in [-0.3, -0.25) is 4.79 Å². The van der Waals surface area contributed by atoms with E-state index < -0.39 is 21.7 Å². The van der Waals surface area contributed by atoms with Crippen molar-refractivity contribution in [2.75, 3.05) is 27.2 Å². The molecule has 0 radical (unpaired) electrons. The van der Waals surface area contributed by atoms with Crippen LogP contribution in [0, 0.1) is 0 Å². The number of rotatable bonds is 7. The summed E-state index contributed by atoms with van der Waals surface area (Å²) in [5, 5.41) is 17.6. The van der Waals surface area contributed by atoms with E-state index >= 15 is 0 Å². The molecular formula is C9H20N2O5S. The number of nitrogens with zero attached hydrogens (tertiary/aromatic N) is 2. The van der Waals surface area contributed by atoms with Gasteiger partial charge in [-0.05, 0) is 13.8 Å². The van der Waals surface area contributed by atoms with Crippen LogP contribution in [0.25, 0.3) is 0 Å². The molecule has 0 amide bonds. The molecule has 0 aromatic heterocycles. The van der Waals surface area contributed by atoms with Crippen molar-refractivity contribution < 1.29 is 23.4 Å². The van der Waals surface area contributed by atoms with Crippen molar-refractivity contribution in [1.29, 1.82) is 0 Å². The summed E-state index contributed by atoms with van der Waals surface area (Å²) in [7, 11) is -1.10. The number of carbonyl (C=O) groups is 1. The van der Waals surface area contributed by atoms with Gasteiger partial charge in [-0.25, -0.2) is 0 Å². The lowest BCUT2D eigenvalue weighted by atomic mass is 10.1. The second kappa shape index (κ2) is 5.76. The Labute approximate surface area is 102 Å². The van der Waals surface area contributed by atoms with Gasteiger partial charge in [0.05, 0.1) is 18.6 Å². The highest BCUT2D eigenvalue weighted by molar-refractivity contribution is 7.86. The minimum atomic E-state index is -3.76. The maximum absolute atomic E-state index is 12.0. The molecule has 0 aromatic carbocycles. The molecule has 0 saturated carbocycles. The fourth-order valence-corrected chi connectivity index (χ4v) is 2.41. The van der Waals surface area contributed by atoms with E-state index in [1.165, 1.54) is 14.1 Å². The molecule has 17 heavy (non-hydrogen) atoms. The van der Waals surface area contributed by atoms with Crippen LogP contribution in [-0.2, 0) is 15.0 Å². The van der Waals surface area contributed by atoms with Crippen molar-refractivity contribution >= 4 is 16.2 Å². The predicted molar refractivity (Wildman–Crippen MR) is 62.7 cm³/mol. The van der Waals surface area contributed by atoms with E-state index in [4.69, 9.17) is 10.2 Å². The average molecular weight is 268 g/mol. The molecule has 0 aliphatic carbocycles. The fourth-order valence-electron chi connectivity index (χ4n) is 0.989. The maximum Gasteiger partial charge on any atom is 0.304 e. The maximum atomic E-state index is 12.0. The second-order valence-corrected chi connectivity index (χ2v) is 6.48. The van der Waals surface area contributed by atoms with Gasteiger partial charge in [-0.1, -0.05) is 0 Å². The largest absolute Gasteiger partial charge is 0.481 e. The van der Waals surface area contributed by atoms with Gasteiger partial charge in [0.2, 0.25) is 0 Å². The third-order valence-corrected chi connectivity index (χ3v) is 4.78. The third kappa shape index (κ3) is 4.23. The van der Waals surface area contributed by atoms with Crippen molar-refractivity contribution in [3.8, 4) is 0 Å². The van der Waals surface area contributed by atoms with E-state index in [1.807, 2.05) is 0 Å². The van der Waals surface area contributed by atoms with Crippen LogP contribution >= 0.6 is 0 Å². The number of aliphatic hydroxyl groups is 1. The zero-order valence-electron chi connectivity index (χ0n) is 10.5. The first-order valence-electron chi connectivity index (χ1n) is 5.08. The molecule has 0 unspecified atom stereocenters. The monoisotopic (exact) mass is 268 g/mol. The SMILES string of the molecule is CN(CCC(=O)O)S(=O)(=O)N(C)C(C)(C)CO. The van der Waals surface area contributed by atoms with E-state index in [9.17, 15) is 13.2 Å². The average Bonchev–Trinajstić information content (AvgIpc) is 2.24. The van der Waals surface area contributed by atoms with Gasteiger partial charge in [0.15, 0.2) is 0 Å². The Balaban J connectivity index is 4.83. The quantitative estimate of drug-likeness (QED) is 0.639. The van der Waals surface area contributed by atoms with Crippen LogP contribution in [0.3, 0.4) is 0 Å². The molecule has 0 aromatic rings. The highest BCUT2D eigenvalue weighted by Crippen LogP contribution is 2.17. The smallest absolute Gasteiger partial charge is 0.304 e. The van der Waals surface area contributed by atoms with Crippen molar-refractivity contribution in [2.24, 2.45) is 0 Å². The first-order valence-corrected chi connectivity index (χ1v) is 6.48. The van der Waals surface area contributed by atoms with Crippen LogP contribution in [-0.4, -0.2) is 66.0 Å². The summed E-state index contributed by atoms with van der Waals surface area (Å²) in [5.74, 6) is -1.06. The summed E-state index contributed by atoms with van der Waals surface area (Å²) in [4.78, 5) is 10.4. The summed E-state index contributed by atoms with van der Waals surface area (Å²) in [6.45, 7) is 2.73. The molecule has 0 spiro atoms. The summed E-state index contributed by atoms with van der Waals surface area (Å²) < 4.78 is 26.0. The molecule has 2 N–H and O–H groups in total. The second-order valence-electron chi connectivity index (χ2n) is 4.41. The Morgan fingerprint density at radius 3 is 2.12 bits per heavy atom. The molecular weight excluding hydrogens is 248 g/mol. The fraction of sp³-hybridized carbons (Fsp3) is 0.889. The zero-order valence-corrected chi connectivity index (χ0v) is 11.4. The molecule has 0 saturated heterocycles. The normalized spacial score (nSPS) is 13.4. The Kier molecular flexibility index (Phi) is 5.53. The first-order chi connectivity index (χ1) is 7.55. The Bertz CT molecular complexity index is 366. The summed E-state index contributed by atoms with van der Waals surface area (Å²) >= 11 is 0. The molecule has 0 aliphatic heterocycles. The van der Waals surface area contributed by atoms with Crippen LogP contribution in [0.2, 0.25) is 0 Å². The summed E-state index contributed by atoms with van der Waals surface area (Å²) in [6.07, 6.45) is -0.261. The van der Waals surface area contributed by atoms with Crippen LogP contribution < -0.4 is 0 Å². The van der Waals surface area contributed by atoms with E-state index in [2.05, 4.69) is 0 Å². The lowest BCUT2D eigenvalue weighted by molar-refractivity contribution is -0.137. The number of carboxylic acids is 1. The molecule has 102 valence electrons. The highest BCUT2D eigenvalue weighted by atomic mass is 32.2. The van der Waals surface area contributed by atoms with Crippen LogP contribution in [0.5, 0.6) is 0 Å². The lowest BCUT2D eigenvalue weighted by Gasteiger charge is -2.35. The molecule has 8 heteroatoms. The van der Waals surface area contributed by atoms with Crippen LogP contribution in [0.15, 0.2) is 0 Å².